The van der Waals surface area contributed by atoms with Gasteiger partial charge in [0.25, 0.3) is 11.8 Å². The van der Waals surface area contributed by atoms with Crippen molar-refractivity contribution in [2.24, 2.45) is 0 Å². The lowest BCUT2D eigenvalue weighted by molar-refractivity contribution is -0.147. The smallest absolute Gasteiger partial charge is 0.409 e. The lowest BCUT2D eigenvalue weighted by atomic mass is 10.0. The number of aliphatic hydroxyl groups excluding tert-OH is 1. The Balaban J connectivity index is 1.50. The number of carbonyl (C=O) groups is 5. The lowest BCUT2D eigenvalue weighted by Gasteiger charge is -2.21. The molecule has 2 aromatic rings. The highest BCUT2D eigenvalue weighted by molar-refractivity contribution is 6.34. The molecule has 1 aliphatic rings. The van der Waals surface area contributed by atoms with Crippen LogP contribution in [0.4, 0.5) is 14.9 Å². The van der Waals surface area contributed by atoms with Crippen LogP contribution in [0.3, 0.4) is 0 Å². The zero-order valence-corrected chi connectivity index (χ0v) is 24.5. The summed E-state index contributed by atoms with van der Waals surface area (Å²) in [5.74, 6) is -2.30. The molecule has 1 aliphatic heterocycles. The molecule has 0 aliphatic carbocycles. The molecular weight excluding hydrogens is 565 g/mol. The van der Waals surface area contributed by atoms with Crippen LogP contribution in [0.25, 0.3) is 11.6 Å². The van der Waals surface area contributed by atoms with Crippen LogP contribution in [-0.2, 0) is 23.9 Å². The number of amides is 4. The van der Waals surface area contributed by atoms with Gasteiger partial charge in [0, 0.05) is 48.7 Å². The first-order chi connectivity index (χ1) is 20.4. The van der Waals surface area contributed by atoms with E-state index in [0.717, 1.165) is 0 Å². The predicted molar refractivity (Wildman–Crippen MR) is 154 cm³/mol. The average Bonchev–Trinajstić information content (AvgIpc) is 3.44. The highest BCUT2D eigenvalue weighted by Gasteiger charge is 2.26. The van der Waals surface area contributed by atoms with Gasteiger partial charge in [0.2, 0.25) is 5.91 Å². The molecule has 13 nitrogen and oxygen atoms in total. The number of halogens is 1. The molecule has 1 unspecified atom stereocenters. The van der Waals surface area contributed by atoms with Crippen LogP contribution in [0.5, 0.6) is 0 Å². The fourth-order valence-corrected chi connectivity index (χ4v) is 4.32. The van der Waals surface area contributed by atoms with Crippen LogP contribution in [0.2, 0.25) is 0 Å². The van der Waals surface area contributed by atoms with Gasteiger partial charge in [0.05, 0.1) is 11.1 Å². The first kappa shape index (κ1) is 32.8. The molecule has 2 heterocycles. The molecule has 232 valence electrons. The van der Waals surface area contributed by atoms with Gasteiger partial charge < -0.3 is 40.4 Å². The molecule has 1 atom stereocenters. The van der Waals surface area contributed by atoms with E-state index >= 15 is 0 Å². The summed E-state index contributed by atoms with van der Waals surface area (Å²) in [6, 6.07) is 4.02. The third-order valence-corrected chi connectivity index (χ3v) is 6.65. The number of rotatable bonds is 13. The second-order valence-electron chi connectivity index (χ2n) is 9.75. The van der Waals surface area contributed by atoms with Crippen molar-refractivity contribution < 1.29 is 42.9 Å². The standard InChI is InChI=1S/C29H36FN5O8/c1-5-24(37)32-13-25(38)42-14-19(36)15-43-29(41)35(6-2)10-9-31-28(40)26-16(3)23(33-17(26)4)12-21-20-11-18(30)7-8-22(20)34-27(21)39/h7-8,11-12,19,33,36H,5-6,9-10,13-15H2,1-4H3,(H,31,40)(H,32,37)(H,34,39)/b21-12-. The van der Waals surface area contributed by atoms with Crippen LogP contribution in [0.15, 0.2) is 18.2 Å². The SMILES string of the molecule is CCC(=O)NCC(=O)OCC(O)COC(=O)N(CC)CCNC(=O)c1c(C)[nH]c(/C=C2\C(=O)Nc3ccc(F)cc32)c1C. The van der Waals surface area contributed by atoms with Gasteiger partial charge in [-0.15, -0.1) is 0 Å². The maximum absolute atomic E-state index is 13.8. The molecular formula is C29H36FN5O8. The van der Waals surface area contributed by atoms with E-state index in [0.29, 0.717) is 33.8 Å². The largest absolute Gasteiger partial charge is 0.461 e. The molecule has 43 heavy (non-hydrogen) atoms. The van der Waals surface area contributed by atoms with Crippen molar-refractivity contribution in [2.75, 3.05) is 44.7 Å². The molecule has 5 N–H and O–H groups in total. The average molecular weight is 602 g/mol. The monoisotopic (exact) mass is 601 g/mol. The quantitative estimate of drug-likeness (QED) is 0.171. The molecule has 1 aromatic heterocycles. The second kappa shape index (κ2) is 15.0. The third kappa shape index (κ3) is 8.64. The van der Waals surface area contributed by atoms with E-state index in [9.17, 15) is 33.5 Å². The maximum Gasteiger partial charge on any atom is 0.409 e. The van der Waals surface area contributed by atoms with Crippen LogP contribution in [-0.4, -0.2) is 90.3 Å². The van der Waals surface area contributed by atoms with Gasteiger partial charge in [0.15, 0.2) is 0 Å². The van der Waals surface area contributed by atoms with Crippen LogP contribution in [0.1, 0.15) is 53.1 Å². The van der Waals surface area contributed by atoms with E-state index in [1.54, 1.807) is 33.8 Å². The molecule has 14 heteroatoms. The van der Waals surface area contributed by atoms with Gasteiger partial charge in [-0.25, -0.2) is 9.18 Å². The normalized spacial score (nSPS) is 13.6. The fourth-order valence-electron chi connectivity index (χ4n) is 4.32. The van der Waals surface area contributed by atoms with Crippen molar-refractivity contribution in [1.82, 2.24) is 20.5 Å². The topological polar surface area (TPSA) is 179 Å². The summed E-state index contributed by atoms with van der Waals surface area (Å²) in [6.07, 6.45) is -0.199. The number of carbonyl (C=O) groups excluding carboxylic acids is 5. The summed E-state index contributed by atoms with van der Waals surface area (Å²) in [7, 11) is 0. The van der Waals surface area contributed by atoms with Gasteiger partial charge in [-0.3, -0.25) is 19.2 Å². The van der Waals surface area contributed by atoms with Crippen molar-refractivity contribution in [3.63, 3.8) is 0 Å². The number of aliphatic hydroxyl groups is 1. The highest BCUT2D eigenvalue weighted by Crippen LogP contribution is 2.34. The Kier molecular flexibility index (Phi) is 11.4. The van der Waals surface area contributed by atoms with Gasteiger partial charge >= 0.3 is 12.1 Å². The number of aryl methyl sites for hydroxylation is 1. The van der Waals surface area contributed by atoms with E-state index in [1.807, 2.05) is 0 Å². The summed E-state index contributed by atoms with van der Waals surface area (Å²) in [4.78, 5) is 65.1. The number of fused-ring (bicyclic) bond motifs is 1. The van der Waals surface area contributed by atoms with Gasteiger partial charge in [-0.05, 0) is 50.6 Å². The molecule has 0 radical (unpaired) electrons. The summed E-state index contributed by atoms with van der Waals surface area (Å²) < 4.78 is 23.7. The molecule has 0 bridgehead atoms. The van der Waals surface area contributed by atoms with Gasteiger partial charge in [0.1, 0.15) is 31.7 Å². The number of hydrogen-bond donors (Lipinski definition) is 5. The molecule has 0 spiro atoms. The Labute approximate surface area is 247 Å². The number of aromatic nitrogens is 1. The number of anilines is 1. The van der Waals surface area contributed by atoms with E-state index in [1.165, 1.54) is 23.1 Å². The molecule has 3 rings (SSSR count). The van der Waals surface area contributed by atoms with E-state index in [-0.39, 0.29) is 50.0 Å². The summed E-state index contributed by atoms with van der Waals surface area (Å²) in [5.41, 5.74) is 3.26. The third-order valence-electron chi connectivity index (χ3n) is 6.65. The minimum Gasteiger partial charge on any atom is -0.461 e. The minimum atomic E-state index is -1.26. The van der Waals surface area contributed by atoms with Crippen molar-refractivity contribution in [3.05, 3.63) is 52.1 Å². The first-order valence-corrected chi connectivity index (χ1v) is 13.8. The zero-order chi connectivity index (χ0) is 31.7. The summed E-state index contributed by atoms with van der Waals surface area (Å²) in [5, 5.41) is 17.8. The number of nitrogens with zero attached hydrogens (tertiary/aromatic N) is 1. The summed E-state index contributed by atoms with van der Waals surface area (Å²) >= 11 is 0. The van der Waals surface area contributed by atoms with Crippen molar-refractivity contribution in [2.45, 2.75) is 40.2 Å². The number of ether oxygens (including phenoxy) is 2. The van der Waals surface area contributed by atoms with Gasteiger partial charge in [-0.2, -0.15) is 0 Å². The van der Waals surface area contributed by atoms with Crippen molar-refractivity contribution >= 4 is 47.1 Å². The van der Waals surface area contributed by atoms with Crippen LogP contribution in [0, 0.1) is 19.7 Å². The number of likely N-dealkylation sites (N-methyl/N-ethyl adjacent to an activating group) is 1. The zero-order valence-electron chi connectivity index (χ0n) is 24.5. The van der Waals surface area contributed by atoms with Crippen LogP contribution >= 0.6 is 0 Å². The molecule has 4 amide bonds. The number of nitrogens with one attached hydrogen (secondary N) is 4. The maximum atomic E-state index is 13.8. The molecule has 1 aromatic carbocycles. The number of benzene rings is 1. The van der Waals surface area contributed by atoms with Crippen LogP contribution < -0.4 is 16.0 Å². The van der Waals surface area contributed by atoms with E-state index in [4.69, 9.17) is 9.47 Å². The Morgan fingerprint density at radius 2 is 1.84 bits per heavy atom. The lowest BCUT2D eigenvalue weighted by Crippen LogP contribution is -2.40. The first-order valence-electron chi connectivity index (χ1n) is 13.8. The van der Waals surface area contributed by atoms with Crippen molar-refractivity contribution in [3.8, 4) is 0 Å². The number of aromatic amines is 1. The molecule has 0 fully saturated rings. The molecule has 0 saturated carbocycles. The fraction of sp³-hybridized carbons (Fsp3) is 0.414. The van der Waals surface area contributed by atoms with E-state index in [2.05, 4.69) is 20.9 Å². The van der Waals surface area contributed by atoms with Crippen molar-refractivity contribution in [1.29, 1.82) is 0 Å². The number of hydrogen-bond acceptors (Lipinski definition) is 8. The Morgan fingerprint density at radius 1 is 1.12 bits per heavy atom. The Bertz CT molecular complexity index is 1420. The second-order valence-corrected chi connectivity index (χ2v) is 9.75. The minimum absolute atomic E-state index is 0.0982. The predicted octanol–water partition coefficient (Wildman–Crippen LogP) is 1.88. The molecule has 0 saturated heterocycles. The Hall–Kier alpha value is -4.72. The van der Waals surface area contributed by atoms with Gasteiger partial charge in [-0.1, -0.05) is 6.92 Å². The number of H-pyrrole nitrogens is 1. The highest BCUT2D eigenvalue weighted by atomic mass is 19.1. The summed E-state index contributed by atoms with van der Waals surface area (Å²) in [6.45, 7) is 6.10. The van der Waals surface area contributed by atoms with E-state index < -0.39 is 43.1 Å². The number of esters is 1. The Morgan fingerprint density at radius 3 is 2.53 bits per heavy atom.